The molecule has 0 saturated carbocycles. The van der Waals surface area contributed by atoms with Crippen LogP contribution in [0.25, 0.3) is 0 Å². The second kappa shape index (κ2) is 7.37. The number of nitrogens with zero attached hydrogens (tertiary/aromatic N) is 4. The lowest BCUT2D eigenvalue weighted by Crippen LogP contribution is -2.46. The van der Waals surface area contributed by atoms with Gasteiger partial charge in [-0.15, -0.1) is 0 Å². The molecule has 2 aliphatic heterocycles. The van der Waals surface area contributed by atoms with E-state index in [1.807, 2.05) is 22.6 Å². The summed E-state index contributed by atoms with van der Waals surface area (Å²) >= 11 is 0. The van der Waals surface area contributed by atoms with Gasteiger partial charge in [-0.25, -0.2) is 0 Å². The molecule has 2 aliphatic rings. The average molecular weight is 330 g/mol. The first kappa shape index (κ1) is 17.0. The number of piperidine rings is 1. The highest BCUT2D eigenvalue weighted by atomic mass is 16.5. The maximum Gasteiger partial charge on any atom is 0.225 e. The zero-order chi connectivity index (χ0) is 17.1. The van der Waals surface area contributed by atoms with Gasteiger partial charge in [0.1, 0.15) is 11.8 Å². The van der Waals surface area contributed by atoms with Crippen LogP contribution in [-0.4, -0.2) is 59.7 Å². The minimum absolute atomic E-state index is 0.158. The van der Waals surface area contributed by atoms with E-state index in [-0.39, 0.29) is 5.92 Å². The largest absolute Gasteiger partial charge is 0.378 e. The molecule has 0 unspecified atom stereocenters. The fourth-order valence-electron chi connectivity index (χ4n) is 3.65. The van der Waals surface area contributed by atoms with Crippen molar-refractivity contribution < 1.29 is 9.53 Å². The summed E-state index contributed by atoms with van der Waals surface area (Å²) in [6, 6.07) is 4.22. The van der Waals surface area contributed by atoms with E-state index in [1.165, 1.54) is 5.56 Å². The summed E-state index contributed by atoms with van der Waals surface area (Å²) in [6.45, 7) is 7.61. The molecule has 130 valence electrons. The molecule has 2 saturated heterocycles. The standard InChI is InChI=1S/C18H26N4O2/c1-14-16(11-17(12-19)20(14)2)13-21-5-3-15(4-6-21)18(23)22-7-9-24-10-8-22/h11,15H,3-10,13H2,1-2H3. The van der Waals surface area contributed by atoms with Crippen LogP contribution in [0.3, 0.4) is 0 Å². The highest BCUT2D eigenvalue weighted by Gasteiger charge is 2.29. The third kappa shape index (κ3) is 3.47. The van der Waals surface area contributed by atoms with Crippen molar-refractivity contribution >= 4 is 5.91 Å². The van der Waals surface area contributed by atoms with E-state index in [1.54, 1.807) is 0 Å². The second-order valence-electron chi connectivity index (χ2n) is 6.80. The van der Waals surface area contributed by atoms with Gasteiger partial charge < -0.3 is 14.2 Å². The summed E-state index contributed by atoms with van der Waals surface area (Å²) in [4.78, 5) is 16.9. The molecule has 0 aromatic carbocycles. The maximum atomic E-state index is 12.6. The molecule has 1 amide bonds. The van der Waals surface area contributed by atoms with Crippen molar-refractivity contribution in [2.45, 2.75) is 26.3 Å². The lowest BCUT2D eigenvalue weighted by molar-refractivity contribution is -0.141. The van der Waals surface area contributed by atoms with Crippen LogP contribution < -0.4 is 0 Å². The predicted molar refractivity (Wildman–Crippen MR) is 90.3 cm³/mol. The summed E-state index contributed by atoms with van der Waals surface area (Å²) in [5, 5.41) is 9.15. The number of amides is 1. The summed E-state index contributed by atoms with van der Waals surface area (Å²) < 4.78 is 7.27. The Labute approximate surface area is 143 Å². The van der Waals surface area contributed by atoms with Crippen molar-refractivity contribution in [2.75, 3.05) is 39.4 Å². The van der Waals surface area contributed by atoms with Crippen molar-refractivity contribution in [1.29, 1.82) is 5.26 Å². The second-order valence-corrected chi connectivity index (χ2v) is 6.80. The zero-order valence-corrected chi connectivity index (χ0v) is 14.6. The van der Waals surface area contributed by atoms with Crippen LogP contribution in [0.2, 0.25) is 0 Å². The van der Waals surface area contributed by atoms with Crippen LogP contribution in [0.15, 0.2) is 6.07 Å². The van der Waals surface area contributed by atoms with Crippen LogP contribution in [0, 0.1) is 24.2 Å². The molecule has 0 spiro atoms. The number of likely N-dealkylation sites (tertiary alicyclic amines) is 1. The number of rotatable bonds is 3. The quantitative estimate of drug-likeness (QED) is 0.837. The van der Waals surface area contributed by atoms with Crippen molar-refractivity contribution in [3.63, 3.8) is 0 Å². The number of aromatic nitrogens is 1. The molecule has 3 rings (SSSR count). The van der Waals surface area contributed by atoms with Crippen molar-refractivity contribution in [3.8, 4) is 6.07 Å². The fraction of sp³-hybridized carbons (Fsp3) is 0.667. The number of hydrogen-bond donors (Lipinski definition) is 0. The van der Waals surface area contributed by atoms with Gasteiger partial charge in [0.15, 0.2) is 0 Å². The smallest absolute Gasteiger partial charge is 0.225 e. The molecular weight excluding hydrogens is 304 g/mol. The minimum Gasteiger partial charge on any atom is -0.378 e. The van der Waals surface area contributed by atoms with Crippen LogP contribution in [0.5, 0.6) is 0 Å². The van der Waals surface area contributed by atoms with Gasteiger partial charge in [-0.1, -0.05) is 0 Å². The number of morpholine rings is 1. The number of carbonyl (C=O) groups excluding carboxylic acids is 1. The van der Waals surface area contributed by atoms with E-state index >= 15 is 0 Å². The van der Waals surface area contributed by atoms with E-state index in [9.17, 15) is 4.79 Å². The highest BCUT2D eigenvalue weighted by molar-refractivity contribution is 5.79. The van der Waals surface area contributed by atoms with E-state index < -0.39 is 0 Å². The Morgan fingerprint density at radius 1 is 1.29 bits per heavy atom. The molecule has 24 heavy (non-hydrogen) atoms. The normalized spacial score (nSPS) is 20.1. The van der Waals surface area contributed by atoms with Gasteiger partial charge in [0.05, 0.1) is 13.2 Å². The third-order valence-electron chi connectivity index (χ3n) is 5.41. The topological polar surface area (TPSA) is 61.5 Å². The first-order chi connectivity index (χ1) is 11.6. The van der Waals surface area contributed by atoms with Crippen LogP contribution >= 0.6 is 0 Å². The molecule has 0 radical (unpaired) electrons. The Bertz CT molecular complexity index is 632. The van der Waals surface area contributed by atoms with E-state index in [4.69, 9.17) is 10.00 Å². The van der Waals surface area contributed by atoms with E-state index in [0.717, 1.165) is 51.3 Å². The third-order valence-corrected chi connectivity index (χ3v) is 5.41. The Balaban J connectivity index is 1.54. The highest BCUT2D eigenvalue weighted by Crippen LogP contribution is 2.23. The molecular formula is C18H26N4O2. The van der Waals surface area contributed by atoms with Crippen LogP contribution in [-0.2, 0) is 23.1 Å². The molecule has 3 heterocycles. The first-order valence-electron chi connectivity index (χ1n) is 8.74. The molecule has 0 bridgehead atoms. The van der Waals surface area contributed by atoms with Gasteiger partial charge >= 0.3 is 0 Å². The first-order valence-corrected chi connectivity index (χ1v) is 8.74. The van der Waals surface area contributed by atoms with Gasteiger partial charge in [-0.2, -0.15) is 5.26 Å². The molecule has 0 atom stereocenters. The zero-order valence-electron chi connectivity index (χ0n) is 14.6. The van der Waals surface area contributed by atoms with Gasteiger partial charge in [0, 0.05) is 38.3 Å². The predicted octanol–water partition coefficient (Wildman–Crippen LogP) is 1.28. The molecule has 1 aromatic heterocycles. The molecule has 1 aromatic rings. The van der Waals surface area contributed by atoms with Crippen LogP contribution in [0.4, 0.5) is 0 Å². The molecule has 0 N–H and O–H groups in total. The monoisotopic (exact) mass is 330 g/mol. The SMILES string of the molecule is Cc1c(CN2CCC(C(=O)N3CCOCC3)CC2)cc(C#N)n1C. The Morgan fingerprint density at radius 2 is 1.96 bits per heavy atom. The minimum atomic E-state index is 0.158. The number of nitriles is 1. The Morgan fingerprint density at radius 3 is 2.54 bits per heavy atom. The van der Waals surface area contributed by atoms with Crippen molar-refractivity contribution in [2.24, 2.45) is 13.0 Å². The lowest BCUT2D eigenvalue weighted by atomic mass is 9.94. The number of carbonyl (C=O) groups is 1. The van der Waals surface area contributed by atoms with Gasteiger partial charge in [-0.3, -0.25) is 9.69 Å². The Hall–Kier alpha value is -1.84. The van der Waals surface area contributed by atoms with Gasteiger partial charge in [-0.05, 0) is 44.5 Å². The van der Waals surface area contributed by atoms with Crippen LogP contribution in [0.1, 0.15) is 29.8 Å². The van der Waals surface area contributed by atoms with E-state index in [2.05, 4.69) is 17.9 Å². The lowest BCUT2D eigenvalue weighted by Gasteiger charge is -2.35. The summed E-state index contributed by atoms with van der Waals surface area (Å²) in [5.74, 6) is 0.464. The summed E-state index contributed by atoms with van der Waals surface area (Å²) in [6.07, 6.45) is 1.85. The number of hydrogen-bond acceptors (Lipinski definition) is 4. The van der Waals surface area contributed by atoms with Gasteiger partial charge in [0.2, 0.25) is 5.91 Å². The van der Waals surface area contributed by atoms with Crippen molar-refractivity contribution in [3.05, 3.63) is 23.0 Å². The fourth-order valence-corrected chi connectivity index (χ4v) is 3.65. The van der Waals surface area contributed by atoms with Crippen molar-refractivity contribution in [1.82, 2.24) is 14.4 Å². The maximum absolute atomic E-state index is 12.6. The van der Waals surface area contributed by atoms with E-state index in [0.29, 0.717) is 24.8 Å². The average Bonchev–Trinajstić information content (AvgIpc) is 2.90. The van der Waals surface area contributed by atoms with Gasteiger partial charge in [0.25, 0.3) is 0 Å². The molecule has 0 aliphatic carbocycles. The molecule has 2 fully saturated rings. The summed E-state index contributed by atoms with van der Waals surface area (Å²) in [5.41, 5.74) is 3.07. The molecule has 6 nitrogen and oxygen atoms in total. The summed E-state index contributed by atoms with van der Waals surface area (Å²) in [7, 11) is 1.94. The Kier molecular flexibility index (Phi) is 5.22. The molecule has 6 heteroatoms. The number of ether oxygens (including phenoxy) is 1.